The van der Waals surface area contributed by atoms with Crippen LogP contribution < -0.4 is 0 Å². The van der Waals surface area contributed by atoms with Crippen LogP contribution in [-0.4, -0.2) is 27.1 Å². The van der Waals surface area contributed by atoms with E-state index in [9.17, 15) is 10.2 Å². The number of aliphatic hydroxyl groups excluding tert-OH is 1. The van der Waals surface area contributed by atoms with Crippen LogP contribution in [0.5, 0.6) is 0 Å². The number of fused-ring (bicyclic) bond motifs is 6. The van der Waals surface area contributed by atoms with Gasteiger partial charge in [-0.05, 0) is 112 Å². The van der Waals surface area contributed by atoms with E-state index in [0.717, 1.165) is 44.3 Å². The van der Waals surface area contributed by atoms with Crippen molar-refractivity contribution in [3.63, 3.8) is 0 Å². The van der Waals surface area contributed by atoms with Crippen LogP contribution in [0.1, 0.15) is 112 Å². The molecule has 0 aliphatic heterocycles. The van der Waals surface area contributed by atoms with E-state index < -0.39 is 5.60 Å². The molecule has 4 heteroatoms. The van der Waals surface area contributed by atoms with Gasteiger partial charge in [-0.3, -0.25) is 0 Å². The zero-order valence-corrected chi connectivity index (χ0v) is 23.4. The topological polar surface area (TPSA) is 66.5 Å². The lowest BCUT2D eigenvalue weighted by Crippen LogP contribution is -2.66. The molecule has 0 radical (unpaired) electrons. The largest absolute Gasteiger partial charge is 0.393 e. The normalized spacial score (nSPS) is 45.5. The maximum atomic E-state index is 11.9. The van der Waals surface area contributed by atoms with Crippen molar-refractivity contribution in [1.29, 1.82) is 0 Å². The van der Waals surface area contributed by atoms with E-state index in [4.69, 9.17) is 4.52 Å². The Morgan fingerprint density at radius 3 is 2.49 bits per heavy atom. The van der Waals surface area contributed by atoms with Gasteiger partial charge in [-0.2, -0.15) is 0 Å². The molecule has 5 unspecified atom stereocenters. The van der Waals surface area contributed by atoms with Crippen LogP contribution in [0.3, 0.4) is 0 Å². The molecule has 1 aromatic rings. The highest BCUT2D eigenvalue weighted by molar-refractivity contribution is 5.33. The number of allylic oxidation sites excluding steroid dienone is 2. The summed E-state index contributed by atoms with van der Waals surface area (Å²) in [5.41, 5.74) is 2.08. The van der Waals surface area contributed by atoms with E-state index in [-0.39, 0.29) is 39.6 Å². The molecular formula is C31H49NO3. The molecule has 5 rings (SSSR count). The Labute approximate surface area is 212 Å². The molecule has 0 aromatic carbocycles. The fourth-order valence-electron chi connectivity index (χ4n) is 10.6. The summed E-state index contributed by atoms with van der Waals surface area (Å²) in [6.07, 6.45) is 11.9. The highest BCUT2D eigenvalue weighted by Gasteiger charge is 2.71. The first-order valence-electron chi connectivity index (χ1n) is 14.2. The minimum absolute atomic E-state index is 0.0353. The van der Waals surface area contributed by atoms with E-state index in [1.165, 1.54) is 24.0 Å². The molecule has 4 aliphatic carbocycles. The lowest BCUT2D eigenvalue weighted by Gasteiger charge is -2.69. The first-order valence-corrected chi connectivity index (χ1v) is 14.2. The van der Waals surface area contributed by atoms with E-state index in [1.807, 2.05) is 13.1 Å². The predicted octanol–water partition coefficient (Wildman–Crippen LogP) is 6.84. The third-order valence-electron chi connectivity index (χ3n) is 12.3. The van der Waals surface area contributed by atoms with Crippen molar-refractivity contribution in [3.05, 3.63) is 29.2 Å². The minimum atomic E-state index is -0.746. The number of nitrogens with zero attached hydrogens (tertiary/aromatic N) is 1. The second kappa shape index (κ2) is 7.93. The Morgan fingerprint density at radius 2 is 1.80 bits per heavy atom. The van der Waals surface area contributed by atoms with Gasteiger partial charge in [0.1, 0.15) is 5.76 Å². The Hall–Kier alpha value is -1.13. The molecule has 0 spiro atoms. The monoisotopic (exact) mass is 483 g/mol. The van der Waals surface area contributed by atoms with Gasteiger partial charge in [0.15, 0.2) is 0 Å². The van der Waals surface area contributed by atoms with Gasteiger partial charge in [-0.15, -0.1) is 0 Å². The molecule has 0 bridgehead atoms. The number of rotatable bonds is 4. The first-order chi connectivity index (χ1) is 16.2. The average Bonchev–Trinajstić information content (AvgIpc) is 3.35. The molecule has 1 heterocycles. The molecule has 4 aliphatic rings. The van der Waals surface area contributed by atoms with Crippen molar-refractivity contribution in [3.8, 4) is 0 Å². The molecule has 9 atom stereocenters. The third-order valence-corrected chi connectivity index (χ3v) is 12.3. The zero-order valence-electron chi connectivity index (χ0n) is 23.4. The summed E-state index contributed by atoms with van der Waals surface area (Å²) < 4.78 is 5.80. The molecular weight excluding hydrogens is 434 g/mol. The lowest BCUT2D eigenvalue weighted by atomic mass is 9.35. The highest BCUT2D eigenvalue weighted by Crippen LogP contribution is 2.75. The van der Waals surface area contributed by atoms with Crippen LogP contribution in [0.15, 0.2) is 22.4 Å². The summed E-state index contributed by atoms with van der Waals surface area (Å²) in [6, 6.07) is 0. The molecule has 196 valence electrons. The summed E-state index contributed by atoms with van der Waals surface area (Å²) in [5.74, 6) is 2.36. The summed E-state index contributed by atoms with van der Waals surface area (Å²) in [6.45, 7) is 18.5. The minimum Gasteiger partial charge on any atom is -0.393 e. The standard InChI is InChI=1S/C31H49NO3/c1-19(2)10-9-13-31(8,34)21-11-14-30(7)25(21)22(33)16-24-28(5)17-20-18-32-35-26(20)27(3,4)23(28)12-15-29(24,30)6/h10,18,21-25,33-34H,9,11-17H2,1-8H3/t21?,22-,23?,24?,25?,28+,29-,30-,31?/m1/s1. The zero-order chi connectivity index (χ0) is 25.6. The summed E-state index contributed by atoms with van der Waals surface area (Å²) in [4.78, 5) is 0. The van der Waals surface area contributed by atoms with Crippen LogP contribution in [0.2, 0.25) is 0 Å². The van der Waals surface area contributed by atoms with Crippen molar-refractivity contribution < 1.29 is 14.7 Å². The molecule has 4 nitrogen and oxygen atoms in total. The van der Waals surface area contributed by atoms with Crippen molar-refractivity contribution in [2.24, 2.45) is 39.9 Å². The van der Waals surface area contributed by atoms with Crippen molar-refractivity contribution in [1.82, 2.24) is 5.16 Å². The van der Waals surface area contributed by atoms with E-state index in [1.54, 1.807) is 0 Å². The van der Waals surface area contributed by atoms with Crippen molar-refractivity contribution in [2.75, 3.05) is 0 Å². The van der Waals surface area contributed by atoms with E-state index >= 15 is 0 Å². The first kappa shape index (κ1) is 25.5. The molecule has 35 heavy (non-hydrogen) atoms. The number of aliphatic hydroxyl groups is 2. The number of hydrogen-bond donors (Lipinski definition) is 2. The number of hydrogen-bond acceptors (Lipinski definition) is 4. The Balaban J connectivity index is 1.50. The summed E-state index contributed by atoms with van der Waals surface area (Å²) in [7, 11) is 0. The van der Waals surface area contributed by atoms with E-state index in [0.29, 0.717) is 11.8 Å². The van der Waals surface area contributed by atoms with Gasteiger partial charge >= 0.3 is 0 Å². The number of aromatic nitrogens is 1. The maximum absolute atomic E-state index is 11.9. The average molecular weight is 484 g/mol. The molecule has 0 saturated heterocycles. The SMILES string of the molecule is CC(C)=CCCC(C)(O)C1CC[C@]2(C)C1[C@H](O)CC1[C@@]3(C)Cc4cnoc4C(C)(C)C3CC[C@]12C. The fourth-order valence-corrected chi connectivity index (χ4v) is 10.6. The van der Waals surface area contributed by atoms with Crippen LogP contribution >= 0.6 is 0 Å². The third kappa shape index (κ3) is 3.41. The van der Waals surface area contributed by atoms with Crippen LogP contribution in [0, 0.1) is 39.9 Å². The van der Waals surface area contributed by atoms with Gasteiger partial charge in [0, 0.05) is 11.0 Å². The summed E-state index contributed by atoms with van der Waals surface area (Å²) >= 11 is 0. The van der Waals surface area contributed by atoms with Gasteiger partial charge in [0.05, 0.1) is 17.9 Å². The highest BCUT2D eigenvalue weighted by atomic mass is 16.5. The second-order valence-corrected chi connectivity index (χ2v) is 14.7. The quantitative estimate of drug-likeness (QED) is 0.460. The van der Waals surface area contributed by atoms with Gasteiger partial charge in [-0.25, -0.2) is 0 Å². The smallest absolute Gasteiger partial charge is 0.145 e. The second-order valence-electron chi connectivity index (χ2n) is 14.7. The fraction of sp³-hybridized carbons (Fsp3) is 0.839. The lowest BCUT2D eigenvalue weighted by molar-refractivity contribution is -0.224. The molecule has 0 amide bonds. The Kier molecular flexibility index (Phi) is 5.78. The molecule has 2 N–H and O–H groups in total. The Morgan fingerprint density at radius 1 is 1.11 bits per heavy atom. The van der Waals surface area contributed by atoms with Gasteiger partial charge in [0.2, 0.25) is 0 Å². The van der Waals surface area contributed by atoms with Crippen LogP contribution in [-0.2, 0) is 11.8 Å². The molecule has 1 aromatic heterocycles. The predicted molar refractivity (Wildman–Crippen MR) is 140 cm³/mol. The van der Waals surface area contributed by atoms with Crippen LogP contribution in [0.25, 0.3) is 0 Å². The van der Waals surface area contributed by atoms with E-state index in [2.05, 4.69) is 59.7 Å². The van der Waals surface area contributed by atoms with Crippen molar-refractivity contribution >= 4 is 0 Å². The van der Waals surface area contributed by atoms with Gasteiger partial charge in [0.25, 0.3) is 0 Å². The maximum Gasteiger partial charge on any atom is 0.145 e. The van der Waals surface area contributed by atoms with Crippen molar-refractivity contribution in [2.45, 2.75) is 124 Å². The summed E-state index contributed by atoms with van der Waals surface area (Å²) in [5, 5.41) is 27.8. The molecule has 3 fully saturated rings. The Bertz CT molecular complexity index is 1000. The van der Waals surface area contributed by atoms with Gasteiger partial charge < -0.3 is 14.7 Å². The van der Waals surface area contributed by atoms with Gasteiger partial charge in [-0.1, -0.05) is 51.4 Å². The van der Waals surface area contributed by atoms with Crippen LogP contribution in [0.4, 0.5) is 0 Å². The molecule has 3 saturated carbocycles.